The molecule has 1 aromatic carbocycles. The number of alkyl halides is 3. The molecule has 2 atom stereocenters. The van der Waals surface area contributed by atoms with Gasteiger partial charge in [-0.15, -0.1) is 13.2 Å². The van der Waals surface area contributed by atoms with Gasteiger partial charge in [0.2, 0.25) is 0 Å². The third-order valence-corrected chi connectivity index (χ3v) is 3.57. The number of benzene rings is 1. The molecule has 0 saturated heterocycles. The Morgan fingerprint density at radius 2 is 2.05 bits per heavy atom. The van der Waals surface area contributed by atoms with Gasteiger partial charge in [-0.05, 0) is 25.0 Å². The molecule has 8 heteroatoms. The van der Waals surface area contributed by atoms with Crippen molar-refractivity contribution in [1.82, 2.24) is 5.32 Å². The van der Waals surface area contributed by atoms with E-state index in [0.29, 0.717) is 0 Å². The first kappa shape index (κ1) is 16.4. The van der Waals surface area contributed by atoms with Crippen LogP contribution >= 0.6 is 0 Å². The molecule has 1 aliphatic rings. The minimum absolute atomic E-state index is 0.0209. The quantitative estimate of drug-likeness (QED) is 0.799. The van der Waals surface area contributed by atoms with Crippen molar-refractivity contribution in [3.05, 3.63) is 24.3 Å². The summed E-state index contributed by atoms with van der Waals surface area (Å²) >= 11 is 0. The first-order chi connectivity index (χ1) is 10.4. The molecule has 0 unspecified atom stereocenters. The lowest BCUT2D eigenvalue weighted by atomic mass is 10.1. The van der Waals surface area contributed by atoms with E-state index >= 15 is 0 Å². The van der Waals surface area contributed by atoms with Crippen molar-refractivity contribution in [2.24, 2.45) is 5.92 Å². The lowest BCUT2D eigenvalue weighted by molar-refractivity contribution is -0.274. The van der Waals surface area contributed by atoms with E-state index in [9.17, 15) is 23.1 Å². The van der Waals surface area contributed by atoms with Gasteiger partial charge in [-0.25, -0.2) is 4.79 Å². The number of amides is 2. The first-order valence-electron chi connectivity index (χ1n) is 6.92. The Balaban J connectivity index is 1.99. The average Bonchev–Trinajstić information content (AvgIpc) is 2.86. The molecule has 122 valence electrons. The predicted octanol–water partition coefficient (Wildman–Crippen LogP) is 2.87. The Morgan fingerprint density at radius 3 is 2.73 bits per heavy atom. The summed E-state index contributed by atoms with van der Waals surface area (Å²) in [6.45, 7) is -0.0290. The van der Waals surface area contributed by atoms with Crippen LogP contribution in [-0.4, -0.2) is 30.1 Å². The van der Waals surface area contributed by atoms with E-state index in [-0.39, 0.29) is 24.3 Å². The molecular formula is C14H17F3N2O3. The Labute approximate surface area is 125 Å². The van der Waals surface area contributed by atoms with Crippen molar-refractivity contribution < 1.29 is 27.8 Å². The molecule has 22 heavy (non-hydrogen) atoms. The summed E-state index contributed by atoms with van der Waals surface area (Å²) in [7, 11) is 0. The molecule has 0 spiro atoms. The molecule has 0 heterocycles. The van der Waals surface area contributed by atoms with Gasteiger partial charge in [-0.2, -0.15) is 0 Å². The molecule has 3 N–H and O–H groups in total. The smallest absolute Gasteiger partial charge is 0.404 e. The minimum Gasteiger partial charge on any atom is -0.404 e. The van der Waals surface area contributed by atoms with Crippen LogP contribution in [0, 0.1) is 5.92 Å². The maximum Gasteiger partial charge on any atom is 0.573 e. The highest BCUT2D eigenvalue weighted by Gasteiger charge is 2.32. The van der Waals surface area contributed by atoms with Gasteiger partial charge in [0.25, 0.3) is 0 Å². The van der Waals surface area contributed by atoms with Crippen LogP contribution in [0.5, 0.6) is 5.75 Å². The summed E-state index contributed by atoms with van der Waals surface area (Å²) < 4.78 is 40.8. The number of aliphatic hydroxyl groups is 1. The Morgan fingerprint density at radius 1 is 1.32 bits per heavy atom. The van der Waals surface area contributed by atoms with Gasteiger partial charge in [-0.1, -0.05) is 18.6 Å². The first-order valence-corrected chi connectivity index (χ1v) is 6.92. The second-order valence-electron chi connectivity index (χ2n) is 5.12. The van der Waals surface area contributed by atoms with Gasteiger partial charge in [0.15, 0.2) is 5.75 Å². The minimum atomic E-state index is -4.83. The molecule has 1 aliphatic carbocycles. The third kappa shape index (κ3) is 4.52. The second kappa shape index (κ2) is 6.87. The maximum atomic E-state index is 12.3. The molecule has 2 rings (SSSR count). The van der Waals surface area contributed by atoms with Crippen LogP contribution in [0.15, 0.2) is 24.3 Å². The molecule has 1 saturated carbocycles. The third-order valence-electron chi connectivity index (χ3n) is 3.57. The van der Waals surface area contributed by atoms with E-state index in [1.807, 2.05) is 0 Å². The largest absolute Gasteiger partial charge is 0.573 e. The molecule has 0 bridgehead atoms. The van der Waals surface area contributed by atoms with Crippen LogP contribution in [0.4, 0.5) is 23.7 Å². The molecule has 0 radical (unpaired) electrons. The van der Waals surface area contributed by atoms with E-state index in [1.165, 1.54) is 18.2 Å². The predicted molar refractivity (Wildman–Crippen MR) is 73.5 cm³/mol. The summed E-state index contributed by atoms with van der Waals surface area (Å²) in [5.41, 5.74) is -0.0733. The van der Waals surface area contributed by atoms with Crippen molar-refractivity contribution in [3.63, 3.8) is 0 Å². The van der Waals surface area contributed by atoms with E-state index in [2.05, 4.69) is 15.4 Å². The summed E-state index contributed by atoms with van der Waals surface area (Å²) in [5.74, 6) is -0.498. The van der Waals surface area contributed by atoms with Crippen molar-refractivity contribution >= 4 is 11.7 Å². The fraction of sp³-hybridized carbons (Fsp3) is 0.500. The molecule has 1 aromatic rings. The lowest BCUT2D eigenvalue weighted by Crippen LogP contribution is -2.41. The topological polar surface area (TPSA) is 70.6 Å². The standard InChI is InChI=1S/C14H17F3N2O3/c15-14(16,17)22-12-7-2-1-5-11(12)19-13(21)18-10-6-3-4-9(10)8-20/h1-2,5,7,9-10,20H,3-4,6,8H2,(H2,18,19,21)/t9-,10+/m0/s1. The molecule has 0 aliphatic heterocycles. The Bertz CT molecular complexity index is 522. The zero-order chi connectivity index (χ0) is 16.2. The zero-order valence-electron chi connectivity index (χ0n) is 11.7. The van der Waals surface area contributed by atoms with E-state index in [4.69, 9.17) is 0 Å². The van der Waals surface area contributed by atoms with Gasteiger partial charge < -0.3 is 20.5 Å². The number of carbonyl (C=O) groups is 1. The fourth-order valence-corrected chi connectivity index (χ4v) is 2.56. The van der Waals surface area contributed by atoms with E-state index < -0.39 is 18.1 Å². The monoisotopic (exact) mass is 318 g/mol. The number of para-hydroxylation sites is 2. The van der Waals surface area contributed by atoms with Gasteiger partial charge in [0.05, 0.1) is 5.69 Å². The van der Waals surface area contributed by atoms with Crippen LogP contribution < -0.4 is 15.4 Å². The van der Waals surface area contributed by atoms with Crippen molar-refractivity contribution in [2.45, 2.75) is 31.7 Å². The summed E-state index contributed by atoms with van der Waals surface area (Å²) in [6.07, 6.45) is -2.39. The molecular weight excluding hydrogens is 301 g/mol. The van der Waals surface area contributed by atoms with Crippen molar-refractivity contribution in [1.29, 1.82) is 0 Å². The second-order valence-corrected chi connectivity index (χ2v) is 5.12. The van der Waals surface area contributed by atoms with Gasteiger partial charge in [0, 0.05) is 18.6 Å². The lowest BCUT2D eigenvalue weighted by Gasteiger charge is -2.20. The summed E-state index contributed by atoms with van der Waals surface area (Å²) in [4.78, 5) is 11.9. The highest BCUT2D eigenvalue weighted by molar-refractivity contribution is 5.91. The van der Waals surface area contributed by atoms with Crippen molar-refractivity contribution in [3.8, 4) is 5.75 Å². The van der Waals surface area contributed by atoms with Crippen LogP contribution in [0.25, 0.3) is 0 Å². The van der Waals surface area contributed by atoms with Gasteiger partial charge >= 0.3 is 12.4 Å². The van der Waals surface area contributed by atoms with Gasteiger partial charge in [-0.3, -0.25) is 0 Å². The molecule has 2 amide bonds. The highest BCUT2D eigenvalue weighted by atomic mass is 19.4. The van der Waals surface area contributed by atoms with Crippen LogP contribution in [0.2, 0.25) is 0 Å². The fourth-order valence-electron chi connectivity index (χ4n) is 2.56. The Hall–Kier alpha value is -1.96. The Kier molecular flexibility index (Phi) is 5.12. The van der Waals surface area contributed by atoms with Gasteiger partial charge in [0.1, 0.15) is 0 Å². The number of hydrogen-bond donors (Lipinski definition) is 3. The summed E-state index contributed by atoms with van der Waals surface area (Å²) in [5, 5.41) is 14.2. The molecule has 0 aromatic heterocycles. The highest BCUT2D eigenvalue weighted by Crippen LogP contribution is 2.30. The number of aliphatic hydroxyl groups excluding tert-OH is 1. The number of hydrogen-bond acceptors (Lipinski definition) is 3. The van der Waals surface area contributed by atoms with Crippen LogP contribution in [-0.2, 0) is 0 Å². The normalized spacial score (nSPS) is 21.5. The zero-order valence-corrected chi connectivity index (χ0v) is 11.7. The van der Waals surface area contributed by atoms with E-state index in [1.54, 1.807) is 0 Å². The number of ether oxygens (including phenoxy) is 1. The number of rotatable bonds is 4. The number of urea groups is 1. The number of anilines is 1. The van der Waals surface area contributed by atoms with Crippen LogP contribution in [0.1, 0.15) is 19.3 Å². The number of halogens is 3. The maximum absolute atomic E-state index is 12.3. The molecule has 5 nitrogen and oxygen atoms in total. The average molecular weight is 318 g/mol. The number of carbonyl (C=O) groups excluding carboxylic acids is 1. The molecule has 1 fully saturated rings. The number of nitrogens with one attached hydrogen (secondary N) is 2. The van der Waals surface area contributed by atoms with Crippen LogP contribution in [0.3, 0.4) is 0 Å². The van der Waals surface area contributed by atoms with Crippen molar-refractivity contribution in [2.75, 3.05) is 11.9 Å². The SMILES string of the molecule is O=C(Nc1ccccc1OC(F)(F)F)N[C@@H]1CCC[C@H]1CO. The van der Waals surface area contributed by atoms with E-state index in [0.717, 1.165) is 25.3 Å². The summed E-state index contributed by atoms with van der Waals surface area (Å²) in [6, 6.07) is 4.51.